The number of carbonyl (C=O) groups is 2. The van der Waals surface area contributed by atoms with Gasteiger partial charge in [-0.05, 0) is 30.5 Å². The van der Waals surface area contributed by atoms with Crippen LogP contribution in [0.25, 0.3) is 0 Å². The molecular weight excluding hydrogens is 278 g/mol. The molecule has 5 nitrogen and oxygen atoms in total. The maximum Gasteiger partial charge on any atom is 0.250 e. The van der Waals surface area contributed by atoms with Crippen molar-refractivity contribution in [2.75, 3.05) is 11.9 Å². The van der Waals surface area contributed by atoms with E-state index in [9.17, 15) is 9.59 Å². The molecule has 0 saturated carbocycles. The van der Waals surface area contributed by atoms with Crippen LogP contribution in [0.15, 0.2) is 18.2 Å². The number of rotatable bonds is 6. The molecule has 0 aliphatic heterocycles. The lowest BCUT2D eigenvalue weighted by Gasteiger charge is -2.17. The maximum absolute atomic E-state index is 12.1. The molecule has 1 rings (SSSR count). The average molecular weight is 298 g/mol. The number of amides is 2. The van der Waals surface area contributed by atoms with Crippen LogP contribution in [-0.4, -0.2) is 18.4 Å². The molecule has 0 aliphatic carbocycles. The fraction of sp³-hybridized carbons (Fsp3) is 0.429. The van der Waals surface area contributed by atoms with Gasteiger partial charge in [-0.25, -0.2) is 0 Å². The lowest BCUT2D eigenvalue weighted by atomic mass is 9.96. The second-order valence-electron chi connectivity index (χ2n) is 5.11. The SMILES string of the molecule is CC(C)CC(CN)C(=O)Nc1ccc(Cl)c(C(N)=O)c1. The predicted octanol–water partition coefficient (Wildman–Crippen LogP) is 2.00. The van der Waals surface area contributed by atoms with E-state index in [0.717, 1.165) is 0 Å². The van der Waals surface area contributed by atoms with Gasteiger partial charge >= 0.3 is 0 Å². The number of halogens is 1. The summed E-state index contributed by atoms with van der Waals surface area (Å²) in [6.45, 7) is 4.34. The van der Waals surface area contributed by atoms with Crippen LogP contribution >= 0.6 is 11.6 Å². The molecule has 0 aliphatic rings. The first kappa shape index (κ1) is 16.5. The Kier molecular flexibility index (Phi) is 5.98. The third-order valence-corrected chi connectivity index (χ3v) is 3.24. The second kappa shape index (κ2) is 7.26. The van der Waals surface area contributed by atoms with Crippen LogP contribution in [0.1, 0.15) is 30.6 Å². The first-order chi connectivity index (χ1) is 9.35. The Morgan fingerprint density at radius 3 is 2.50 bits per heavy atom. The highest BCUT2D eigenvalue weighted by atomic mass is 35.5. The van der Waals surface area contributed by atoms with E-state index in [4.69, 9.17) is 23.1 Å². The van der Waals surface area contributed by atoms with Gasteiger partial charge in [0.25, 0.3) is 0 Å². The van der Waals surface area contributed by atoms with Gasteiger partial charge in [-0.1, -0.05) is 25.4 Å². The molecule has 1 atom stereocenters. The predicted molar refractivity (Wildman–Crippen MR) is 80.6 cm³/mol. The van der Waals surface area contributed by atoms with E-state index in [1.165, 1.54) is 12.1 Å². The molecule has 0 fully saturated rings. The third-order valence-electron chi connectivity index (χ3n) is 2.91. The zero-order chi connectivity index (χ0) is 15.3. The van der Waals surface area contributed by atoms with Crippen LogP contribution < -0.4 is 16.8 Å². The summed E-state index contributed by atoms with van der Waals surface area (Å²) in [4.78, 5) is 23.3. The molecule has 20 heavy (non-hydrogen) atoms. The summed E-state index contributed by atoms with van der Waals surface area (Å²) < 4.78 is 0. The van der Waals surface area contributed by atoms with Crippen LogP contribution in [0, 0.1) is 11.8 Å². The Labute approximate surface area is 123 Å². The highest BCUT2D eigenvalue weighted by Crippen LogP contribution is 2.21. The fourth-order valence-corrected chi connectivity index (χ4v) is 2.13. The Morgan fingerprint density at radius 1 is 1.35 bits per heavy atom. The molecule has 1 aromatic rings. The first-order valence-electron chi connectivity index (χ1n) is 6.45. The molecule has 6 heteroatoms. The van der Waals surface area contributed by atoms with E-state index < -0.39 is 5.91 Å². The van der Waals surface area contributed by atoms with E-state index in [0.29, 0.717) is 18.0 Å². The summed E-state index contributed by atoms with van der Waals surface area (Å²) in [5, 5.41) is 2.99. The van der Waals surface area contributed by atoms with Crippen LogP contribution in [0.4, 0.5) is 5.69 Å². The summed E-state index contributed by atoms with van der Waals surface area (Å²) in [5.74, 6) is -0.689. The zero-order valence-corrected chi connectivity index (χ0v) is 12.4. The first-order valence-corrected chi connectivity index (χ1v) is 6.83. The minimum Gasteiger partial charge on any atom is -0.366 e. The van der Waals surface area contributed by atoms with Crippen LogP contribution in [0.2, 0.25) is 5.02 Å². The normalized spacial score (nSPS) is 12.2. The quantitative estimate of drug-likeness (QED) is 0.749. The van der Waals surface area contributed by atoms with Crippen LogP contribution in [0.3, 0.4) is 0 Å². The molecule has 0 saturated heterocycles. The van der Waals surface area contributed by atoms with Crippen molar-refractivity contribution in [2.24, 2.45) is 23.3 Å². The smallest absolute Gasteiger partial charge is 0.250 e. The van der Waals surface area contributed by atoms with Gasteiger partial charge in [0.05, 0.1) is 16.5 Å². The highest BCUT2D eigenvalue weighted by Gasteiger charge is 2.19. The molecule has 0 bridgehead atoms. The van der Waals surface area contributed by atoms with Gasteiger partial charge in [0.1, 0.15) is 0 Å². The molecule has 1 aromatic carbocycles. The van der Waals surface area contributed by atoms with Crippen molar-refractivity contribution < 1.29 is 9.59 Å². The van der Waals surface area contributed by atoms with Gasteiger partial charge in [-0.3, -0.25) is 9.59 Å². The van der Waals surface area contributed by atoms with Gasteiger partial charge in [-0.15, -0.1) is 0 Å². The van der Waals surface area contributed by atoms with Gasteiger partial charge in [-0.2, -0.15) is 0 Å². The minimum atomic E-state index is -0.636. The molecule has 0 aromatic heterocycles. The molecule has 0 heterocycles. The maximum atomic E-state index is 12.1. The van der Waals surface area contributed by atoms with Gasteiger partial charge < -0.3 is 16.8 Å². The Morgan fingerprint density at radius 2 is 2.00 bits per heavy atom. The van der Waals surface area contributed by atoms with Gasteiger partial charge in [0.2, 0.25) is 11.8 Å². The summed E-state index contributed by atoms with van der Waals surface area (Å²) in [6, 6.07) is 4.61. The largest absolute Gasteiger partial charge is 0.366 e. The number of anilines is 1. The van der Waals surface area contributed by atoms with Crippen LogP contribution in [-0.2, 0) is 4.79 Å². The summed E-state index contributed by atoms with van der Waals surface area (Å²) in [5.41, 5.74) is 11.5. The summed E-state index contributed by atoms with van der Waals surface area (Å²) in [6.07, 6.45) is 0.707. The summed E-state index contributed by atoms with van der Waals surface area (Å²) >= 11 is 5.85. The van der Waals surface area contributed by atoms with E-state index >= 15 is 0 Å². The highest BCUT2D eigenvalue weighted by molar-refractivity contribution is 6.34. The lowest BCUT2D eigenvalue weighted by Crippen LogP contribution is -2.30. The average Bonchev–Trinajstić information content (AvgIpc) is 2.37. The monoisotopic (exact) mass is 297 g/mol. The summed E-state index contributed by atoms with van der Waals surface area (Å²) in [7, 11) is 0. The van der Waals surface area contributed by atoms with E-state index in [1.54, 1.807) is 6.07 Å². The van der Waals surface area contributed by atoms with Crippen molar-refractivity contribution in [1.82, 2.24) is 0 Å². The van der Waals surface area contributed by atoms with Crippen molar-refractivity contribution in [3.63, 3.8) is 0 Å². The molecule has 0 spiro atoms. The lowest BCUT2D eigenvalue weighted by molar-refractivity contribution is -0.120. The Bertz CT molecular complexity index is 503. The van der Waals surface area contributed by atoms with Crippen molar-refractivity contribution in [2.45, 2.75) is 20.3 Å². The third kappa shape index (κ3) is 4.51. The van der Waals surface area contributed by atoms with E-state index in [-0.39, 0.29) is 29.0 Å². The Hall–Kier alpha value is -1.59. The number of hydrogen-bond acceptors (Lipinski definition) is 3. The molecule has 110 valence electrons. The number of hydrogen-bond donors (Lipinski definition) is 3. The minimum absolute atomic E-state index is 0.168. The topological polar surface area (TPSA) is 98.2 Å². The zero-order valence-electron chi connectivity index (χ0n) is 11.7. The Balaban J connectivity index is 2.84. The van der Waals surface area contributed by atoms with Crippen molar-refractivity contribution in [3.05, 3.63) is 28.8 Å². The number of primary amides is 1. The van der Waals surface area contributed by atoms with Crippen molar-refractivity contribution in [3.8, 4) is 0 Å². The van der Waals surface area contributed by atoms with E-state index in [2.05, 4.69) is 5.32 Å². The number of nitrogens with one attached hydrogen (secondary N) is 1. The molecule has 2 amide bonds. The number of benzene rings is 1. The van der Waals surface area contributed by atoms with Gasteiger partial charge in [0.15, 0.2) is 0 Å². The molecule has 0 radical (unpaired) electrons. The van der Waals surface area contributed by atoms with Crippen molar-refractivity contribution in [1.29, 1.82) is 0 Å². The molecular formula is C14H20ClN3O2. The number of nitrogens with two attached hydrogens (primary N) is 2. The van der Waals surface area contributed by atoms with Gasteiger partial charge in [0, 0.05) is 12.2 Å². The fourth-order valence-electron chi connectivity index (χ4n) is 1.92. The van der Waals surface area contributed by atoms with E-state index in [1.807, 2.05) is 13.8 Å². The molecule has 5 N–H and O–H groups in total. The van der Waals surface area contributed by atoms with Crippen molar-refractivity contribution >= 4 is 29.1 Å². The number of carbonyl (C=O) groups excluding carboxylic acids is 2. The second-order valence-corrected chi connectivity index (χ2v) is 5.52. The van der Waals surface area contributed by atoms with Crippen LogP contribution in [0.5, 0.6) is 0 Å². The molecule has 1 unspecified atom stereocenters. The standard InChI is InChI=1S/C14H20ClN3O2/c1-8(2)5-9(7-16)14(20)18-10-3-4-12(15)11(6-10)13(17)19/h3-4,6,8-9H,5,7,16H2,1-2H3,(H2,17,19)(H,18,20).